The van der Waals surface area contributed by atoms with Gasteiger partial charge in [-0.25, -0.2) is 4.79 Å². The summed E-state index contributed by atoms with van der Waals surface area (Å²) in [5, 5.41) is 6.27. The number of rotatable bonds is 3. The second kappa shape index (κ2) is 6.70. The molecule has 2 aromatic rings. The number of hydrogen-bond donors (Lipinski definition) is 2. The molecule has 0 saturated carbocycles. The standard InChI is InChI=1S/C15H14Cl2N2O2/c1-9-3-5-11(21-2)8-14(9)19-15(20)18-10-4-6-12(16)13(17)7-10/h3-8H,1-2H3,(H2,18,19,20). The van der Waals surface area contributed by atoms with Gasteiger partial charge in [-0.1, -0.05) is 29.3 Å². The fourth-order valence-electron chi connectivity index (χ4n) is 1.72. The van der Waals surface area contributed by atoms with Gasteiger partial charge in [0, 0.05) is 17.4 Å². The Morgan fingerprint density at radius 3 is 2.48 bits per heavy atom. The first-order valence-electron chi connectivity index (χ1n) is 6.17. The van der Waals surface area contributed by atoms with Crippen molar-refractivity contribution in [3.05, 3.63) is 52.0 Å². The largest absolute Gasteiger partial charge is 0.497 e. The van der Waals surface area contributed by atoms with Gasteiger partial charge >= 0.3 is 6.03 Å². The summed E-state index contributed by atoms with van der Waals surface area (Å²) in [6, 6.07) is 9.96. The molecule has 0 aromatic heterocycles. The Bertz CT molecular complexity index is 675. The summed E-state index contributed by atoms with van der Waals surface area (Å²) < 4.78 is 5.13. The molecule has 110 valence electrons. The molecule has 0 fully saturated rings. The van der Waals surface area contributed by atoms with E-state index in [-0.39, 0.29) is 6.03 Å². The van der Waals surface area contributed by atoms with Crippen LogP contribution in [0.4, 0.5) is 16.2 Å². The molecule has 0 spiro atoms. The van der Waals surface area contributed by atoms with Crippen LogP contribution in [0.25, 0.3) is 0 Å². The minimum atomic E-state index is -0.371. The maximum atomic E-state index is 12.0. The van der Waals surface area contributed by atoms with Gasteiger partial charge in [0.25, 0.3) is 0 Å². The second-order valence-corrected chi connectivity index (χ2v) is 5.20. The molecular formula is C15H14Cl2N2O2. The molecule has 0 aliphatic carbocycles. The highest BCUT2D eigenvalue weighted by molar-refractivity contribution is 6.42. The Kier molecular flexibility index (Phi) is 4.94. The third-order valence-electron chi connectivity index (χ3n) is 2.87. The van der Waals surface area contributed by atoms with Crippen LogP contribution in [0.5, 0.6) is 5.75 Å². The van der Waals surface area contributed by atoms with Crippen LogP contribution in [0.3, 0.4) is 0 Å². The Hall–Kier alpha value is -1.91. The molecule has 0 saturated heterocycles. The minimum Gasteiger partial charge on any atom is -0.497 e. The fraction of sp³-hybridized carbons (Fsp3) is 0.133. The first-order valence-corrected chi connectivity index (χ1v) is 6.93. The van der Waals surface area contributed by atoms with E-state index in [0.29, 0.717) is 27.2 Å². The Balaban J connectivity index is 2.09. The SMILES string of the molecule is COc1ccc(C)c(NC(=O)Nc2ccc(Cl)c(Cl)c2)c1. The van der Waals surface area contributed by atoms with E-state index in [1.54, 1.807) is 31.4 Å². The van der Waals surface area contributed by atoms with Crippen molar-refractivity contribution in [3.63, 3.8) is 0 Å². The number of halogens is 2. The summed E-state index contributed by atoms with van der Waals surface area (Å²) in [4.78, 5) is 12.0. The third kappa shape index (κ3) is 4.03. The van der Waals surface area contributed by atoms with Gasteiger partial charge in [0.15, 0.2) is 0 Å². The zero-order valence-electron chi connectivity index (χ0n) is 11.5. The Labute approximate surface area is 133 Å². The van der Waals surface area contributed by atoms with Gasteiger partial charge in [0.05, 0.1) is 17.2 Å². The molecule has 21 heavy (non-hydrogen) atoms. The molecule has 0 aliphatic rings. The zero-order valence-corrected chi connectivity index (χ0v) is 13.0. The van der Waals surface area contributed by atoms with Crippen molar-refractivity contribution < 1.29 is 9.53 Å². The molecule has 2 amide bonds. The number of methoxy groups -OCH3 is 1. The van der Waals surface area contributed by atoms with Gasteiger partial charge in [0.1, 0.15) is 5.75 Å². The van der Waals surface area contributed by atoms with Gasteiger partial charge < -0.3 is 15.4 Å². The van der Waals surface area contributed by atoms with Crippen LogP contribution in [-0.2, 0) is 0 Å². The number of carbonyl (C=O) groups excluding carboxylic acids is 1. The fourth-order valence-corrected chi connectivity index (χ4v) is 2.02. The molecule has 2 aromatic carbocycles. The summed E-state index contributed by atoms with van der Waals surface area (Å²) >= 11 is 11.7. The van der Waals surface area contributed by atoms with Crippen LogP contribution in [0, 0.1) is 6.92 Å². The molecule has 2 rings (SSSR count). The summed E-state index contributed by atoms with van der Waals surface area (Å²) in [6.45, 7) is 1.90. The lowest BCUT2D eigenvalue weighted by atomic mass is 10.2. The lowest BCUT2D eigenvalue weighted by Crippen LogP contribution is -2.20. The van der Waals surface area contributed by atoms with E-state index < -0.39 is 0 Å². The lowest BCUT2D eigenvalue weighted by Gasteiger charge is -2.11. The van der Waals surface area contributed by atoms with E-state index in [9.17, 15) is 4.79 Å². The minimum absolute atomic E-state index is 0.371. The van der Waals surface area contributed by atoms with Crippen molar-refractivity contribution in [1.82, 2.24) is 0 Å². The number of hydrogen-bond acceptors (Lipinski definition) is 2. The van der Waals surface area contributed by atoms with Gasteiger partial charge in [-0.3, -0.25) is 0 Å². The Morgan fingerprint density at radius 2 is 1.81 bits per heavy atom. The average molecular weight is 325 g/mol. The van der Waals surface area contributed by atoms with Gasteiger partial charge in [-0.2, -0.15) is 0 Å². The maximum Gasteiger partial charge on any atom is 0.323 e. The second-order valence-electron chi connectivity index (χ2n) is 4.39. The zero-order chi connectivity index (χ0) is 15.4. The number of nitrogens with one attached hydrogen (secondary N) is 2. The number of benzene rings is 2. The predicted molar refractivity (Wildman–Crippen MR) is 86.8 cm³/mol. The van der Waals surface area contributed by atoms with E-state index in [4.69, 9.17) is 27.9 Å². The van der Waals surface area contributed by atoms with Crippen LogP contribution in [0.15, 0.2) is 36.4 Å². The summed E-state index contributed by atoms with van der Waals surface area (Å²) in [5.41, 5.74) is 2.16. The van der Waals surface area contributed by atoms with Crippen molar-refractivity contribution in [2.24, 2.45) is 0 Å². The molecule has 0 aliphatic heterocycles. The Morgan fingerprint density at radius 1 is 1.05 bits per heavy atom. The highest BCUT2D eigenvalue weighted by Crippen LogP contribution is 2.25. The van der Waals surface area contributed by atoms with Gasteiger partial charge in [-0.15, -0.1) is 0 Å². The van der Waals surface area contributed by atoms with Gasteiger partial charge in [-0.05, 0) is 36.8 Å². The predicted octanol–water partition coefficient (Wildman–Crippen LogP) is 4.95. The molecule has 4 nitrogen and oxygen atoms in total. The van der Waals surface area contributed by atoms with Gasteiger partial charge in [0.2, 0.25) is 0 Å². The highest BCUT2D eigenvalue weighted by atomic mass is 35.5. The first kappa shape index (κ1) is 15.5. The number of carbonyl (C=O) groups is 1. The summed E-state index contributed by atoms with van der Waals surface area (Å²) in [5.74, 6) is 0.672. The maximum absolute atomic E-state index is 12.0. The van der Waals surface area contributed by atoms with Crippen LogP contribution in [-0.4, -0.2) is 13.1 Å². The molecule has 2 N–H and O–H groups in total. The number of anilines is 2. The third-order valence-corrected chi connectivity index (χ3v) is 3.61. The number of amides is 2. The highest BCUT2D eigenvalue weighted by Gasteiger charge is 2.07. The molecule has 0 heterocycles. The van der Waals surface area contributed by atoms with Crippen LogP contribution in [0.2, 0.25) is 10.0 Å². The summed E-state index contributed by atoms with van der Waals surface area (Å²) in [7, 11) is 1.57. The lowest BCUT2D eigenvalue weighted by molar-refractivity contribution is 0.262. The van der Waals surface area contributed by atoms with E-state index in [2.05, 4.69) is 10.6 Å². The molecule has 0 radical (unpaired) electrons. The van der Waals surface area contributed by atoms with Crippen LogP contribution in [0.1, 0.15) is 5.56 Å². The molecule has 6 heteroatoms. The first-order chi connectivity index (χ1) is 9.99. The molecule has 0 atom stereocenters. The van der Waals surface area contributed by atoms with Crippen molar-refractivity contribution >= 4 is 40.6 Å². The number of urea groups is 1. The van der Waals surface area contributed by atoms with Crippen molar-refractivity contribution in [2.45, 2.75) is 6.92 Å². The van der Waals surface area contributed by atoms with Crippen molar-refractivity contribution in [1.29, 1.82) is 0 Å². The van der Waals surface area contributed by atoms with E-state index in [1.807, 2.05) is 19.1 Å². The van der Waals surface area contributed by atoms with Crippen LogP contribution < -0.4 is 15.4 Å². The summed E-state index contributed by atoms with van der Waals surface area (Å²) in [6.07, 6.45) is 0. The molecular weight excluding hydrogens is 311 g/mol. The van der Waals surface area contributed by atoms with E-state index >= 15 is 0 Å². The normalized spacial score (nSPS) is 10.1. The van der Waals surface area contributed by atoms with Crippen LogP contribution >= 0.6 is 23.2 Å². The molecule has 0 bridgehead atoms. The number of aryl methyl sites for hydroxylation is 1. The monoisotopic (exact) mass is 324 g/mol. The van der Waals surface area contributed by atoms with E-state index in [0.717, 1.165) is 5.56 Å². The van der Waals surface area contributed by atoms with Crippen molar-refractivity contribution in [2.75, 3.05) is 17.7 Å². The van der Waals surface area contributed by atoms with Crippen molar-refractivity contribution in [3.8, 4) is 5.75 Å². The quantitative estimate of drug-likeness (QED) is 0.838. The average Bonchev–Trinajstić information content (AvgIpc) is 2.45. The molecule has 0 unspecified atom stereocenters. The number of ether oxygens (including phenoxy) is 1. The van der Waals surface area contributed by atoms with E-state index in [1.165, 1.54) is 0 Å². The smallest absolute Gasteiger partial charge is 0.323 e. The topological polar surface area (TPSA) is 50.4 Å².